The number of nitrogens with zero attached hydrogens (tertiary/aromatic N) is 1. The first-order valence-corrected chi connectivity index (χ1v) is 13.4. The lowest BCUT2D eigenvalue weighted by Gasteiger charge is -2.32. The molecule has 9 heteroatoms. The van der Waals surface area contributed by atoms with Gasteiger partial charge in [-0.25, -0.2) is 8.42 Å². The predicted molar refractivity (Wildman–Crippen MR) is 138 cm³/mol. The van der Waals surface area contributed by atoms with Crippen molar-refractivity contribution in [3.63, 3.8) is 0 Å². The molecule has 1 heterocycles. The molecule has 1 unspecified atom stereocenters. The summed E-state index contributed by atoms with van der Waals surface area (Å²) >= 11 is 0. The van der Waals surface area contributed by atoms with Crippen LogP contribution in [0.2, 0.25) is 0 Å². The first-order valence-electron chi connectivity index (χ1n) is 12.0. The van der Waals surface area contributed by atoms with Gasteiger partial charge in [-0.2, -0.15) is 4.31 Å². The molecule has 3 aromatic rings. The number of hydrogen-bond donors (Lipinski definition) is 2. The SMILES string of the molecule is COc1ccc(CC(NC(C)=O)C(=O)NC2CCN(S(=O)(=O)c3ccc4ccccc4c3)CC2)cc1. The van der Waals surface area contributed by atoms with Gasteiger partial charge in [0.1, 0.15) is 11.8 Å². The zero-order valence-corrected chi connectivity index (χ0v) is 21.3. The summed E-state index contributed by atoms with van der Waals surface area (Å²) in [5.41, 5.74) is 0.890. The lowest BCUT2D eigenvalue weighted by atomic mass is 10.0. The molecule has 8 nitrogen and oxygen atoms in total. The number of amides is 2. The number of hydrogen-bond acceptors (Lipinski definition) is 5. The second-order valence-corrected chi connectivity index (χ2v) is 10.9. The highest BCUT2D eigenvalue weighted by Gasteiger charge is 2.31. The molecule has 3 aromatic carbocycles. The lowest BCUT2D eigenvalue weighted by Crippen LogP contribution is -2.53. The van der Waals surface area contributed by atoms with Gasteiger partial charge in [0.2, 0.25) is 21.8 Å². The summed E-state index contributed by atoms with van der Waals surface area (Å²) in [5.74, 6) is 0.140. The van der Waals surface area contributed by atoms with E-state index in [1.807, 2.05) is 54.6 Å². The molecule has 190 valence electrons. The van der Waals surface area contributed by atoms with Crippen molar-refractivity contribution >= 4 is 32.6 Å². The van der Waals surface area contributed by atoms with Crippen LogP contribution in [0.5, 0.6) is 5.75 Å². The molecule has 0 saturated carbocycles. The Morgan fingerprint density at radius 2 is 1.67 bits per heavy atom. The van der Waals surface area contributed by atoms with E-state index in [9.17, 15) is 18.0 Å². The maximum Gasteiger partial charge on any atom is 0.243 e. The summed E-state index contributed by atoms with van der Waals surface area (Å²) in [4.78, 5) is 25.0. The molecule has 1 saturated heterocycles. The van der Waals surface area contributed by atoms with E-state index in [1.54, 1.807) is 19.2 Å². The minimum absolute atomic E-state index is 0.173. The second kappa shape index (κ2) is 11.1. The molecule has 36 heavy (non-hydrogen) atoms. The number of sulfonamides is 1. The van der Waals surface area contributed by atoms with E-state index in [1.165, 1.54) is 11.2 Å². The zero-order valence-electron chi connectivity index (χ0n) is 20.4. The van der Waals surface area contributed by atoms with Gasteiger partial charge in [-0.05, 0) is 53.4 Å². The third-order valence-corrected chi connectivity index (χ3v) is 8.35. The average molecular weight is 510 g/mol. The molecule has 0 bridgehead atoms. The van der Waals surface area contributed by atoms with Crippen LogP contribution >= 0.6 is 0 Å². The van der Waals surface area contributed by atoms with E-state index >= 15 is 0 Å². The maximum absolute atomic E-state index is 13.2. The number of carbonyl (C=O) groups is 2. The maximum atomic E-state index is 13.2. The van der Waals surface area contributed by atoms with Crippen LogP contribution in [0.15, 0.2) is 71.6 Å². The molecule has 2 N–H and O–H groups in total. The van der Waals surface area contributed by atoms with E-state index in [4.69, 9.17) is 4.74 Å². The smallest absolute Gasteiger partial charge is 0.243 e. The Bertz CT molecular complexity index is 1330. The molecule has 1 atom stereocenters. The quantitative estimate of drug-likeness (QED) is 0.486. The summed E-state index contributed by atoms with van der Waals surface area (Å²) in [6.45, 7) is 2.00. The molecular formula is C27H31N3O5S. The van der Waals surface area contributed by atoms with E-state index in [0.29, 0.717) is 38.1 Å². The number of fused-ring (bicyclic) bond motifs is 1. The van der Waals surface area contributed by atoms with Gasteiger partial charge in [-0.1, -0.05) is 42.5 Å². The Balaban J connectivity index is 1.37. The van der Waals surface area contributed by atoms with Crippen LogP contribution in [0.4, 0.5) is 0 Å². The third-order valence-electron chi connectivity index (χ3n) is 6.45. The Morgan fingerprint density at radius 1 is 1.00 bits per heavy atom. The van der Waals surface area contributed by atoms with Crippen molar-refractivity contribution in [3.8, 4) is 5.75 Å². The van der Waals surface area contributed by atoms with Crippen molar-refractivity contribution in [2.24, 2.45) is 0 Å². The first kappa shape index (κ1) is 25.7. The van der Waals surface area contributed by atoms with Crippen LogP contribution in [0.1, 0.15) is 25.3 Å². The summed E-state index contributed by atoms with van der Waals surface area (Å²) in [6.07, 6.45) is 1.33. The van der Waals surface area contributed by atoms with Crippen molar-refractivity contribution < 1.29 is 22.7 Å². The Morgan fingerprint density at radius 3 is 2.31 bits per heavy atom. The fraction of sp³-hybridized carbons (Fsp3) is 0.333. The predicted octanol–water partition coefficient (Wildman–Crippen LogP) is 2.87. The standard InChI is InChI=1S/C27H31N3O5S/c1-19(31)28-26(17-20-7-10-24(35-2)11-8-20)27(32)29-23-13-15-30(16-14-23)36(33,34)25-12-9-21-5-3-4-6-22(21)18-25/h3-12,18,23,26H,13-17H2,1-2H3,(H,28,31)(H,29,32). The monoisotopic (exact) mass is 509 g/mol. The number of nitrogens with one attached hydrogen (secondary N) is 2. The molecule has 0 radical (unpaired) electrons. The molecule has 0 aliphatic carbocycles. The minimum atomic E-state index is -3.63. The summed E-state index contributed by atoms with van der Waals surface area (Å²) in [6, 6.07) is 19.2. The summed E-state index contributed by atoms with van der Waals surface area (Å²) in [7, 11) is -2.05. The highest BCUT2D eigenvalue weighted by atomic mass is 32.2. The Kier molecular flexibility index (Phi) is 7.91. The summed E-state index contributed by atoms with van der Waals surface area (Å²) in [5, 5.41) is 7.59. The zero-order chi connectivity index (χ0) is 25.7. The van der Waals surface area contributed by atoms with Crippen molar-refractivity contribution in [1.82, 2.24) is 14.9 Å². The van der Waals surface area contributed by atoms with Crippen LogP contribution < -0.4 is 15.4 Å². The molecule has 1 aliphatic rings. The van der Waals surface area contributed by atoms with Crippen LogP contribution in [0.3, 0.4) is 0 Å². The molecule has 4 rings (SSSR count). The minimum Gasteiger partial charge on any atom is -0.497 e. The lowest BCUT2D eigenvalue weighted by molar-refractivity contribution is -0.128. The normalized spacial score (nSPS) is 15.8. The van der Waals surface area contributed by atoms with Gasteiger partial charge < -0.3 is 15.4 Å². The largest absolute Gasteiger partial charge is 0.497 e. The van der Waals surface area contributed by atoms with E-state index in [-0.39, 0.29) is 22.8 Å². The van der Waals surface area contributed by atoms with Crippen LogP contribution in [-0.2, 0) is 26.0 Å². The van der Waals surface area contributed by atoms with Crippen LogP contribution in [0.25, 0.3) is 10.8 Å². The molecule has 0 spiro atoms. The highest BCUT2D eigenvalue weighted by Crippen LogP contribution is 2.24. The van der Waals surface area contributed by atoms with Gasteiger partial charge in [0.05, 0.1) is 12.0 Å². The van der Waals surface area contributed by atoms with Crippen molar-refractivity contribution in [2.45, 2.75) is 43.2 Å². The molecule has 2 amide bonds. The second-order valence-electron chi connectivity index (χ2n) is 9.00. The van der Waals surface area contributed by atoms with E-state index in [0.717, 1.165) is 16.3 Å². The Labute approximate surface area is 211 Å². The number of methoxy groups -OCH3 is 1. The fourth-order valence-electron chi connectivity index (χ4n) is 4.47. The topological polar surface area (TPSA) is 105 Å². The van der Waals surface area contributed by atoms with E-state index < -0.39 is 16.1 Å². The van der Waals surface area contributed by atoms with Gasteiger partial charge in [0.15, 0.2) is 0 Å². The molecule has 0 aromatic heterocycles. The number of rotatable bonds is 8. The number of carbonyl (C=O) groups excluding carboxylic acids is 2. The highest BCUT2D eigenvalue weighted by molar-refractivity contribution is 7.89. The van der Waals surface area contributed by atoms with Crippen molar-refractivity contribution in [2.75, 3.05) is 20.2 Å². The van der Waals surface area contributed by atoms with Crippen LogP contribution in [0, 0.1) is 0 Å². The van der Waals surface area contributed by atoms with Gasteiger partial charge in [-0.3, -0.25) is 9.59 Å². The molecular weight excluding hydrogens is 478 g/mol. The fourth-order valence-corrected chi connectivity index (χ4v) is 5.98. The van der Waals surface area contributed by atoms with Gasteiger partial charge in [-0.15, -0.1) is 0 Å². The van der Waals surface area contributed by atoms with Crippen LogP contribution in [-0.4, -0.2) is 56.8 Å². The first-order chi connectivity index (χ1) is 17.3. The molecule has 1 fully saturated rings. The number of ether oxygens (including phenoxy) is 1. The summed E-state index contributed by atoms with van der Waals surface area (Å²) < 4.78 is 33.1. The Hall–Kier alpha value is -3.43. The van der Waals surface area contributed by atoms with Gasteiger partial charge in [0, 0.05) is 32.5 Å². The van der Waals surface area contributed by atoms with Crippen molar-refractivity contribution in [1.29, 1.82) is 0 Å². The van der Waals surface area contributed by atoms with E-state index in [2.05, 4.69) is 10.6 Å². The average Bonchev–Trinajstić information content (AvgIpc) is 2.88. The third kappa shape index (κ3) is 6.03. The van der Waals surface area contributed by atoms with Crippen molar-refractivity contribution in [3.05, 3.63) is 72.3 Å². The van der Waals surface area contributed by atoms with Gasteiger partial charge >= 0.3 is 0 Å². The number of piperidine rings is 1. The molecule has 1 aliphatic heterocycles. The number of benzene rings is 3. The van der Waals surface area contributed by atoms with Gasteiger partial charge in [0.25, 0.3) is 0 Å².